The first-order valence-electron chi connectivity index (χ1n) is 5.19. The third-order valence-electron chi connectivity index (χ3n) is 4.22. The minimum atomic E-state index is -0.432. The molecule has 2 heteroatoms. The summed E-state index contributed by atoms with van der Waals surface area (Å²) in [6.07, 6.45) is 0.701. The van der Waals surface area contributed by atoms with Crippen molar-refractivity contribution in [1.82, 2.24) is 0 Å². The van der Waals surface area contributed by atoms with Gasteiger partial charge >= 0.3 is 0 Å². The van der Waals surface area contributed by atoms with Gasteiger partial charge in [-0.15, -0.1) is 0 Å². The number of ketones is 2. The number of hydrogen-bond donors (Lipinski definition) is 0. The summed E-state index contributed by atoms with van der Waals surface area (Å²) >= 11 is 0. The Morgan fingerprint density at radius 3 is 1.73 bits per heavy atom. The smallest absolute Gasteiger partial charge is 0.170 e. The summed E-state index contributed by atoms with van der Waals surface area (Å²) in [5.74, 6) is 0.278. The Kier molecular flexibility index (Phi) is 1.30. The van der Waals surface area contributed by atoms with Gasteiger partial charge in [0.05, 0.1) is 0 Å². The highest BCUT2D eigenvalue weighted by molar-refractivity contribution is 6.22. The van der Waals surface area contributed by atoms with E-state index in [4.69, 9.17) is 0 Å². The maximum absolute atomic E-state index is 12.2. The van der Waals surface area contributed by atoms with Crippen LogP contribution in [-0.2, 0) is 0 Å². The molecule has 0 amide bonds. The van der Waals surface area contributed by atoms with Crippen LogP contribution < -0.4 is 0 Å². The van der Waals surface area contributed by atoms with Gasteiger partial charge in [0.25, 0.3) is 0 Å². The molecule has 1 aromatic rings. The number of fused-ring (bicyclic) bond motifs is 2. The SMILES string of the molecule is CC12CC1(C)C(=O)c1ccccc1C2=O. The average Bonchev–Trinajstić information content (AvgIpc) is 2.82. The van der Waals surface area contributed by atoms with E-state index in [1.807, 2.05) is 26.0 Å². The number of carbonyl (C=O) groups excluding carboxylic acids is 2. The van der Waals surface area contributed by atoms with Crippen molar-refractivity contribution in [2.45, 2.75) is 20.3 Å². The van der Waals surface area contributed by atoms with Crippen LogP contribution in [0.3, 0.4) is 0 Å². The van der Waals surface area contributed by atoms with Gasteiger partial charge in [0, 0.05) is 22.0 Å². The van der Waals surface area contributed by atoms with E-state index < -0.39 is 10.8 Å². The van der Waals surface area contributed by atoms with Crippen LogP contribution >= 0.6 is 0 Å². The molecule has 2 nitrogen and oxygen atoms in total. The van der Waals surface area contributed by atoms with Crippen LogP contribution in [0.4, 0.5) is 0 Å². The number of carbonyl (C=O) groups is 2. The third-order valence-corrected chi connectivity index (χ3v) is 4.22. The first-order valence-corrected chi connectivity index (χ1v) is 5.19. The Labute approximate surface area is 88.3 Å². The zero-order valence-corrected chi connectivity index (χ0v) is 8.83. The van der Waals surface area contributed by atoms with Gasteiger partial charge in [-0.25, -0.2) is 0 Å². The van der Waals surface area contributed by atoms with E-state index in [1.54, 1.807) is 12.1 Å². The van der Waals surface area contributed by atoms with Crippen molar-refractivity contribution in [2.24, 2.45) is 10.8 Å². The number of benzene rings is 1. The van der Waals surface area contributed by atoms with Gasteiger partial charge in [0.2, 0.25) is 0 Å². The second-order valence-electron chi connectivity index (χ2n) is 5.04. The number of hydrogen-bond acceptors (Lipinski definition) is 2. The molecule has 2 aliphatic rings. The number of Topliss-reactive ketones (excluding diaryl/α,β-unsaturated/α-hetero) is 2. The van der Waals surface area contributed by atoms with E-state index in [2.05, 4.69) is 0 Å². The van der Waals surface area contributed by atoms with E-state index in [-0.39, 0.29) is 11.6 Å². The van der Waals surface area contributed by atoms with Crippen LogP contribution in [0.25, 0.3) is 0 Å². The number of rotatable bonds is 0. The van der Waals surface area contributed by atoms with Crippen molar-refractivity contribution >= 4 is 11.6 Å². The molecule has 15 heavy (non-hydrogen) atoms. The summed E-state index contributed by atoms with van der Waals surface area (Å²) in [4.78, 5) is 24.4. The van der Waals surface area contributed by atoms with E-state index in [1.165, 1.54) is 0 Å². The zero-order valence-electron chi connectivity index (χ0n) is 8.83. The van der Waals surface area contributed by atoms with Crippen molar-refractivity contribution in [1.29, 1.82) is 0 Å². The molecule has 3 rings (SSSR count). The molecule has 1 fully saturated rings. The summed E-state index contributed by atoms with van der Waals surface area (Å²) in [5, 5.41) is 0. The lowest BCUT2D eigenvalue weighted by atomic mass is 9.76. The predicted octanol–water partition coefficient (Wildman–Crippen LogP) is 2.48. The lowest BCUT2D eigenvalue weighted by molar-refractivity contribution is 0.0763. The van der Waals surface area contributed by atoms with E-state index >= 15 is 0 Å². The fourth-order valence-corrected chi connectivity index (χ4v) is 2.80. The minimum Gasteiger partial charge on any atom is -0.294 e. The quantitative estimate of drug-likeness (QED) is 0.644. The molecule has 0 N–H and O–H groups in total. The Morgan fingerprint density at radius 1 is 0.933 bits per heavy atom. The van der Waals surface area contributed by atoms with Crippen molar-refractivity contribution in [3.05, 3.63) is 35.4 Å². The van der Waals surface area contributed by atoms with Crippen LogP contribution in [0.2, 0.25) is 0 Å². The summed E-state index contributed by atoms with van der Waals surface area (Å²) in [6, 6.07) is 7.16. The second-order valence-corrected chi connectivity index (χ2v) is 5.04. The molecular weight excluding hydrogens is 188 g/mol. The maximum atomic E-state index is 12.2. The summed E-state index contributed by atoms with van der Waals surface area (Å²) in [6.45, 7) is 3.81. The van der Waals surface area contributed by atoms with Crippen molar-refractivity contribution in [3.8, 4) is 0 Å². The predicted molar refractivity (Wildman–Crippen MR) is 55.9 cm³/mol. The molecule has 0 aromatic heterocycles. The van der Waals surface area contributed by atoms with Gasteiger partial charge in [0.15, 0.2) is 11.6 Å². The first kappa shape index (κ1) is 8.84. The fourth-order valence-electron chi connectivity index (χ4n) is 2.80. The molecule has 2 unspecified atom stereocenters. The normalized spacial score (nSPS) is 37.2. The van der Waals surface area contributed by atoms with Crippen LogP contribution in [0.1, 0.15) is 41.0 Å². The molecule has 0 saturated heterocycles. The van der Waals surface area contributed by atoms with Gasteiger partial charge in [-0.3, -0.25) is 9.59 Å². The molecule has 0 bridgehead atoms. The zero-order chi connectivity index (χ0) is 10.8. The molecule has 0 spiro atoms. The Hall–Kier alpha value is -1.44. The molecule has 0 heterocycles. The second kappa shape index (κ2) is 2.21. The standard InChI is InChI=1S/C13H12O2/c1-12-7-13(12,2)11(15)9-6-4-3-5-8(9)10(12)14/h3-6H,7H2,1-2H3. The molecule has 76 valence electrons. The molecule has 2 atom stereocenters. The van der Waals surface area contributed by atoms with E-state index in [0.29, 0.717) is 17.5 Å². The average molecular weight is 200 g/mol. The van der Waals surface area contributed by atoms with Gasteiger partial charge in [-0.05, 0) is 6.42 Å². The van der Waals surface area contributed by atoms with E-state index in [9.17, 15) is 9.59 Å². The highest BCUT2D eigenvalue weighted by Gasteiger charge is 2.72. The molecule has 2 aliphatic carbocycles. The lowest BCUT2D eigenvalue weighted by Crippen LogP contribution is -2.32. The van der Waals surface area contributed by atoms with Crippen LogP contribution in [0.5, 0.6) is 0 Å². The van der Waals surface area contributed by atoms with Crippen molar-refractivity contribution in [2.75, 3.05) is 0 Å². The molecule has 1 aromatic carbocycles. The van der Waals surface area contributed by atoms with Gasteiger partial charge in [0.1, 0.15) is 0 Å². The molecule has 0 aliphatic heterocycles. The largest absolute Gasteiger partial charge is 0.294 e. The molecule has 0 radical (unpaired) electrons. The van der Waals surface area contributed by atoms with Crippen LogP contribution in [0, 0.1) is 10.8 Å². The molecular formula is C13H12O2. The van der Waals surface area contributed by atoms with Gasteiger partial charge in [-0.1, -0.05) is 38.1 Å². The highest BCUT2D eigenvalue weighted by atomic mass is 16.1. The first-order chi connectivity index (χ1) is 7.01. The molecule has 1 saturated carbocycles. The summed E-state index contributed by atoms with van der Waals surface area (Å²) in [5.41, 5.74) is 0.358. The summed E-state index contributed by atoms with van der Waals surface area (Å²) < 4.78 is 0. The minimum absolute atomic E-state index is 0.139. The van der Waals surface area contributed by atoms with Gasteiger partial charge in [-0.2, -0.15) is 0 Å². The summed E-state index contributed by atoms with van der Waals surface area (Å²) in [7, 11) is 0. The topological polar surface area (TPSA) is 34.1 Å². The van der Waals surface area contributed by atoms with E-state index in [0.717, 1.165) is 0 Å². The third kappa shape index (κ3) is 0.773. The Morgan fingerprint density at radius 2 is 1.33 bits per heavy atom. The fraction of sp³-hybridized carbons (Fsp3) is 0.385. The van der Waals surface area contributed by atoms with Gasteiger partial charge < -0.3 is 0 Å². The highest BCUT2D eigenvalue weighted by Crippen LogP contribution is 2.68. The van der Waals surface area contributed by atoms with Crippen molar-refractivity contribution in [3.63, 3.8) is 0 Å². The Bertz CT molecular complexity index is 458. The lowest BCUT2D eigenvalue weighted by Gasteiger charge is -2.24. The Balaban J connectivity index is 2.30. The van der Waals surface area contributed by atoms with Crippen molar-refractivity contribution < 1.29 is 9.59 Å². The monoisotopic (exact) mass is 200 g/mol. The maximum Gasteiger partial charge on any atom is 0.170 e. The van der Waals surface area contributed by atoms with Crippen LogP contribution in [0.15, 0.2) is 24.3 Å². The van der Waals surface area contributed by atoms with Crippen LogP contribution in [-0.4, -0.2) is 11.6 Å².